The Balaban J connectivity index is 2.08. The van der Waals surface area contributed by atoms with Crippen molar-refractivity contribution in [3.8, 4) is 0 Å². The van der Waals surface area contributed by atoms with Crippen molar-refractivity contribution in [1.29, 1.82) is 0 Å². The molecule has 1 aromatic carbocycles. The summed E-state index contributed by atoms with van der Waals surface area (Å²) in [4.78, 5) is 17.8. The van der Waals surface area contributed by atoms with Gasteiger partial charge in [-0.25, -0.2) is 9.37 Å². The van der Waals surface area contributed by atoms with Gasteiger partial charge in [0.25, 0.3) is 5.91 Å². The van der Waals surface area contributed by atoms with Gasteiger partial charge < -0.3 is 15.1 Å². The number of carbonyl (C=O) groups excluding carboxylic acids is 1. The number of aliphatic hydroxyl groups is 2. The number of benzene rings is 1. The molecule has 0 bridgehead atoms. The lowest BCUT2D eigenvalue weighted by Crippen LogP contribution is -2.36. The van der Waals surface area contributed by atoms with Crippen LogP contribution in [0.5, 0.6) is 0 Å². The van der Waals surface area contributed by atoms with E-state index in [-0.39, 0.29) is 43.7 Å². The van der Waals surface area contributed by atoms with E-state index < -0.39 is 0 Å². The number of carbonyl (C=O) groups is 1. The van der Waals surface area contributed by atoms with E-state index in [0.717, 1.165) is 5.56 Å². The average molecular weight is 324 g/mol. The molecule has 0 fully saturated rings. The summed E-state index contributed by atoms with van der Waals surface area (Å²) in [5.41, 5.74) is 1.06. The molecule has 0 aliphatic heterocycles. The maximum Gasteiger partial charge on any atom is 0.273 e. The maximum atomic E-state index is 13.2. The van der Waals surface area contributed by atoms with Crippen molar-refractivity contribution in [1.82, 2.24) is 9.88 Å². The number of hydrogen-bond donors (Lipinski definition) is 2. The van der Waals surface area contributed by atoms with Gasteiger partial charge in [0.05, 0.1) is 18.2 Å². The van der Waals surface area contributed by atoms with E-state index in [1.54, 1.807) is 17.5 Å². The summed E-state index contributed by atoms with van der Waals surface area (Å²) in [7, 11) is 0. The largest absolute Gasteiger partial charge is 0.395 e. The highest BCUT2D eigenvalue weighted by Gasteiger charge is 2.18. The quantitative estimate of drug-likeness (QED) is 0.805. The van der Waals surface area contributed by atoms with Crippen LogP contribution in [0.2, 0.25) is 0 Å². The zero-order chi connectivity index (χ0) is 15.9. The van der Waals surface area contributed by atoms with E-state index in [1.165, 1.54) is 28.4 Å². The Bertz CT molecular complexity index is 627. The van der Waals surface area contributed by atoms with Gasteiger partial charge in [0.15, 0.2) is 0 Å². The zero-order valence-corrected chi connectivity index (χ0v) is 12.7. The Hall–Kier alpha value is -1.83. The molecule has 0 unspecified atom stereocenters. The van der Waals surface area contributed by atoms with Gasteiger partial charge in [0.1, 0.15) is 11.5 Å². The second-order valence-electron chi connectivity index (χ2n) is 4.67. The summed E-state index contributed by atoms with van der Waals surface area (Å²) in [6.07, 6.45) is 0.454. The third kappa shape index (κ3) is 4.33. The van der Waals surface area contributed by atoms with E-state index in [1.807, 2.05) is 0 Å². The molecule has 2 N–H and O–H groups in total. The van der Waals surface area contributed by atoms with E-state index >= 15 is 0 Å². The molecule has 118 valence electrons. The van der Waals surface area contributed by atoms with Gasteiger partial charge in [0.2, 0.25) is 0 Å². The first-order valence-corrected chi connectivity index (χ1v) is 7.72. The van der Waals surface area contributed by atoms with Gasteiger partial charge in [0, 0.05) is 24.9 Å². The minimum atomic E-state index is -0.329. The van der Waals surface area contributed by atoms with Crippen molar-refractivity contribution in [2.75, 3.05) is 26.3 Å². The monoisotopic (exact) mass is 324 g/mol. The SMILES string of the molecule is O=C(c1csc(Cc2cccc(F)c2)n1)N(CCO)CCO. The highest BCUT2D eigenvalue weighted by molar-refractivity contribution is 7.09. The minimum absolute atomic E-state index is 0.149. The number of nitrogens with zero attached hydrogens (tertiary/aromatic N) is 2. The molecule has 0 spiro atoms. The number of thiazole rings is 1. The van der Waals surface area contributed by atoms with Crippen molar-refractivity contribution < 1.29 is 19.4 Å². The molecule has 7 heteroatoms. The first-order chi connectivity index (χ1) is 10.6. The molecule has 2 rings (SSSR count). The first kappa shape index (κ1) is 16.5. The predicted octanol–water partition coefficient (Wildman–Crippen LogP) is 1.30. The minimum Gasteiger partial charge on any atom is -0.395 e. The number of rotatable bonds is 7. The summed E-state index contributed by atoms with van der Waals surface area (Å²) in [5.74, 6) is -0.632. The number of aliphatic hydroxyl groups excluding tert-OH is 2. The van der Waals surface area contributed by atoms with Crippen LogP contribution in [-0.4, -0.2) is 52.3 Å². The molecule has 0 radical (unpaired) electrons. The summed E-state index contributed by atoms with van der Waals surface area (Å²) < 4.78 is 13.2. The maximum absolute atomic E-state index is 13.2. The standard InChI is InChI=1S/C15H17FN2O3S/c16-12-3-1-2-11(8-12)9-14-17-13(10-22-14)15(21)18(4-6-19)5-7-20/h1-3,8,10,19-20H,4-7,9H2. The lowest BCUT2D eigenvalue weighted by atomic mass is 10.1. The number of halogens is 1. The summed E-state index contributed by atoms with van der Waals surface area (Å²) in [6, 6.07) is 6.25. The third-order valence-corrected chi connectivity index (χ3v) is 3.89. The van der Waals surface area contributed by atoms with Gasteiger partial charge >= 0.3 is 0 Å². The van der Waals surface area contributed by atoms with Crippen LogP contribution >= 0.6 is 11.3 Å². The molecule has 22 heavy (non-hydrogen) atoms. The molecule has 5 nitrogen and oxygen atoms in total. The molecule has 0 aliphatic rings. The Kier molecular flexibility index (Phi) is 6.00. The summed E-state index contributed by atoms with van der Waals surface area (Å²) in [6.45, 7) is -0.0512. The lowest BCUT2D eigenvalue weighted by molar-refractivity contribution is 0.0679. The second-order valence-corrected chi connectivity index (χ2v) is 5.62. The zero-order valence-electron chi connectivity index (χ0n) is 11.9. The Morgan fingerprint density at radius 1 is 1.27 bits per heavy atom. The van der Waals surface area contributed by atoms with Crippen LogP contribution < -0.4 is 0 Å². The molecule has 0 aliphatic carbocycles. The topological polar surface area (TPSA) is 73.7 Å². The smallest absolute Gasteiger partial charge is 0.273 e. The van der Waals surface area contributed by atoms with Crippen LogP contribution in [0.3, 0.4) is 0 Å². The molecule has 0 saturated carbocycles. The summed E-state index contributed by atoms with van der Waals surface area (Å²) in [5, 5.41) is 20.3. The van der Waals surface area contributed by atoms with E-state index in [0.29, 0.717) is 11.4 Å². The van der Waals surface area contributed by atoms with Crippen molar-refractivity contribution in [3.05, 3.63) is 51.7 Å². The normalized spacial score (nSPS) is 10.7. The fourth-order valence-electron chi connectivity index (χ4n) is 2.03. The lowest BCUT2D eigenvalue weighted by Gasteiger charge is -2.19. The van der Waals surface area contributed by atoms with Crippen molar-refractivity contribution in [3.63, 3.8) is 0 Å². The molecule has 1 heterocycles. The fourth-order valence-corrected chi connectivity index (χ4v) is 2.83. The highest BCUT2D eigenvalue weighted by Crippen LogP contribution is 2.16. The Morgan fingerprint density at radius 3 is 2.64 bits per heavy atom. The fraction of sp³-hybridized carbons (Fsp3) is 0.333. The molecular weight excluding hydrogens is 307 g/mol. The summed E-state index contributed by atoms with van der Waals surface area (Å²) >= 11 is 1.33. The van der Waals surface area contributed by atoms with Crippen molar-refractivity contribution >= 4 is 17.2 Å². The van der Waals surface area contributed by atoms with Gasteiger partial charge in [-0.2, -0.15) is 0 Å². The van der Waals surface area contributed by atoms with E-state index in [2.05, 4.69) is 4.98 Å². The Labute approximate surface area is 131 Å². The Morgan fingerprint density at radius 2 is 2.00 bits per heavy atom. The molecule has 0 atom stereocenters. The third-order valence-electron chi connectivity index (χ3n) is 3.04. The highest BCUT2D eigenvalue weighted by atomic mass is 32.1. The van der Waals surface area contributed by atoms with E-state index in [4.69, 9.17) is 10.2 Å². The second kappa shape index (κ2) is 7.98. The van der Waals surface area contributed by atoms with Gasteiger partial charge in [-0.1, -0.05) is 12.1 Å². The average Bonchev–Trinajstić information content (AvgIpc) is 2.95. The van der Waals surface area contributed by atoms with E-state index in [9.17, 15) is 9.18 Å². The number of aromatic nitrogens is 1. The molecule has 2 aromatic rings. The molecule has 0 saturated heterocycles. The molecule has 1 amide bonds. The van der Waals surface area contributed by atoms with Crippen LogP contribution in [0.4, 0.5) is 4.39 Å². The number of amides is 1. The molecular formula is C15H17FN2O3S. The predicted molar refractivity (Wildman–Crippen MR) is 81.4 cm³/mol. The molecule has 1 aromatic heterocycles. The van der Waals surface area contributed by atoms with Crippen molar-refractivity contribution in [2.45, 2.75) is 6.42 Å². The van der Waals surface area contributed by atoms with Crippen LogP contribution in [-0.2, 0) is 6.42 Å². The van der Waals surface area contributed by atoms with Crippen LogP contribution in [0, 0.1) is 5.82 Å². The van der Waals surface area contributed by atoms with Crippen LogP contribution in [0.1, 0.15) is 21.1 Å². The van der Waals surface area contributed by atoms with Gasteiger partial charge in [-0.15, -0.1) is 11.3 Å². The van der Waals surface area contributed by atoms with Crippen molar-refractivity contribution in [2.24, 2.45) is 0 Å². The number of hydrogen-bond acceptors (Lipinski definition) is 5. The van der Waals surface area contributed by atoms with Gasteiger partial charge in [-0.05, 0) is 17.7 Å². The first-order valence-electron chi connectivity index (χ1n) is 6.84. The van der Waals surface area contributed by atoms with Gasteiger partial charge in [-0.3, -0.25) is 4.79 Å². The van der Waals surface area contributed by atoms with Crippen LogP contribution in [0.25, 0.3) is 0 Å². The van der Waals surface area contributed by atoms with Crippen LogP contribution in [0.15, 0.2) is 29.6 Å².